The van der Waals surface area contributed by atoms with Gasteiger partial charge in [-0.05, 0) is 19.9 Å². The average Bonchev–Trinajstić information content (AvgIpc) is 3.40. The number of nitrogens with two attached hydrogens (primary N) is 1. The molecule has 5 aromatic rings. The van der Waals surface area contributed by atoms with Gasteiger partial charge in [0.15, 0.2) is 21.3 Å². The van der Waals surface area contributed by atoms with Gasteiger partial charge in [-0.1, -0.05) is 42.5 Å². The second kappa shape index (κ2) is 12.0. The Kier molecular flexibility index (Phi) is 8.17. The summed E-state index contributed by atoms with van der Waals surface area (Å²) in [4.78, 5) is 31.2. The van der Waals surface area contributed by atoms with E-state index in [-0.39, 0.29) is 34.8 Å². The Morgan fingerprint density at radius 1 is 1.07 bits per heavy atom. The summed E-state index contributed by atoms with van der Waals surface area (Å²) in [6, 6.07) is 13.6. The highest BCUT2D eigenvalue weighted by atomic mass is 32.2. The van der Waals surface area contributed by atoms with E-state index >= 15 is 0 Å². The van der Waals surface area contributed by atoms with Gasteiger partial charge in [0.2, 0.25) is 5.91 Å². The first-order chi connectivity index (χ1) is 20.5. The molecule has 0 aliphatic heterocycles. The van der Waals surface area contributed by atoms with E-state index in [9.17, 15) is 13.2 Å². The van der Waals surface area contributed by atoms with Crippen LogP contribution in [0, 0.1) is 0 Å². The lowest BCUT2D eigenvalue weighted by Crippen LogP contribution is -2.27. The Morgan fingerprint density at radius 3 is 2.49 bits per heavy atom. The molecule has 220 valence electrons. The van der Waals surface area contributed by atoms with E-state index in [1.807, 2.05) is 61.2 Å². The molecule has 1 amide bonds. The van der Waals surface area contributed by atoms with E-state index in [1.165, 1.54) is 24.0 Å². The van der Waals surface area contributed by atoms with Gasteiger partial charge in [0.05, 0.1) is 23.8 Å². The number of nitrogens with zero attached hydrogens (tertiary/aromatic N) is 7. The molecule has 0 fully saturated rings. The molecular weight excluding hydrogens is 566 g/mol. The fourth-order valence-electron chi connectivity index (χ4n) is 4.70. The third kappa shape index (κ3) is 6.21. The van der Waals surface area contributed by atoms with Crippen LogP contribution in [0.15, 0.2) is 84.6 Å². The van der Waals surface area contributed by atoms with Crippen LogP contribution in [0.4, 0.5) is 17.3 Å². The summed E-state index contributed by atoms with van der Waals surface area (Å²) in [6.07, 6.45) is 11.0. The van der Waals surface area contributed by atoms with Crippen LogP contribution in [0.25, 0.3) is 28.0 Å². The molecule has 0 atom stereocenters. The highest BCUT2D eigenvalue weighted by Gasteiger charge is 2.24. The number of carbonyl (C=O) groups is 1. The quantitative estimate of drug-likeness (QED) is 0.252. The standard InChI is InChI=1S/C30H31N9O3S/c1-19(2)38(30-26(36-20(3)40)17-32-18-34-30)14-8-11-25-27(43(4,41)42)28(31)39-29(37-25)23(16-35-39)22-12-13-24(33-15-22)21-9-6-5-7-10-21/h5-10,12-19H,11,31H2,1-4H3,(H,36,40)/b14-8-. The number of allylic oxidation sites excluding steroid dienone is 1. The van der Waals surface area contributed by atoms with Gasteiger partial charge in [-0.2, -0.15) is 9.61 Å². The van der Waals surface area contributed by atoms with Crippen LogP contribution in [0.1, 0.15) is 26.5 Å². The molecule has 5 rings (SSSR count). The molecule has 4 heterocycles. The fourth-order valence-corrected chi connectivity index (χ4v) is 5.72. The first-order valence-electron chi connectivity index (χ1n) is 13.4. The molecule has 12 nitrogen and oxygen atoms in total. The Hall–Kier alpha value is -5.17. The van der Waals surface area contributed by atoms with Crippen LogP contribution in [-0.2, 0) is 21.1 Å². The highest BCUT2D eigenvalue weighted by Crippen LogP contribution is 2.31. The molecule has 0 bridgehead atoms. The second-order valence-electron chi connectivity index (χ2n) is 10.2. The van der Waals surface area contributed by atoms with Crippen LogP contribution in [0.3, 0.4) is 0 Å². The summed E-state index contributed by atoms with van der Waals surface area (Å²) >= 11 is 0. The molecule has 0 radical (unpaired) electrons. The first kappa shape index (κ1) is 29.3. The van der Waals surface area contributed by atoms with Crippen molar-refractivity contribution in [1.82, 2.24) is 29.5 Å². The van der Waals surface area contributed by atoms with Crippen molar-refractivity contribution in [3.05, 3.63) is 85.4 Å². The number of amides is 1. The van der Waals surface area contributed by atoms with Gasteiger partial charge in [0, 0.05) is 54.7 Å². The van der Waals surface area contributed by atoms with Crippen LogP contribution >= 0.6 is 0 Å². The smallest absolute Gasteiger partial charge is 0.221 e. The molecule has 0 saturated carbocycles. The molecular formula is C30H31N9O3S. The van der Waals surface area contributed by atoms with E-state index < -0.39 is 9.84 Å². The van der Waals surface area contributed by atoms with Crippen molar-refractivity contribution in [2.75, 3.05) is 22.2 Å². The number of sulfone groups is 1. The molecule has 0 saturated heterocycles. The summed E-state index contributed by atoms with van der Waals surface area (Å²) in [7, 11) is -3.76. The summed E-state index contributed by atoms with van der Waals surface area (Å²) in [6.45, 7) is 5.33. The number of pyridine rings is 1. The SMILES string of the molecule is CC(=O)Nc1cncnc1N(/C=C\Cc1nc2c(-c3ccc(-c4ccccc4)nc3)cnn2c(N)c1S(C)(=O)=O)C(C)C. The van der Waals surface area contributed by atoms with Crippen molar-refractivity contribution in [3.63, 3.8) is 0 Å². The number of benzene rings is 1. The van der Waals surface area contributed by atoms with Gasteiger partial charge in [-0.25, -0.2) is 23.4 Å². The molecule has 1 aromatic carbocycles. The minimum absolute atomic E-state index is 0.0273. The minimum atomic E-state index is -3.76. The van der Waals surface area contributed by atoms with Crippen LogP contribution in [0.5, 0.6) is 0 Å². The van der Waals surface area contributed by atoms with Crippen LogP contribution in [-0.4, -0.2) is 56.2 Å². The molecule has 3 N–H and O–H groups in total. The van der Waals surface area contributed by atoms with E-state index in [0.29, 0.717) is 22.7 Å². The van der Waals surface area contributed by atoms with Gasteiger partial charge in [-0.3, -0.25) is 9.78 Å². The number of carbonyl (C=O) groups excluding carboxylic acids is 1. The normalized spacial score (nSPS) is 11.8. The largest absolute Gasteiger partial charge is 0.382 e. The number of nitrogens with one attached hydrogen (secondary N) is 1. The lowest BCUT2D eigenvalue weighted by atomic mass is 10.1. The van der Waals surface area contributed by atoms with E-state index in [1.54, 1.807) is 24.7 Å². The number of hydrogen-bond donors (Lipinski definition) is 2. The van der Waals surface area contributed by atoms with Crippen molar-refractivity contribution in [1.29, 1.82) is 0 Å². The minimum Gasteiger partial charge on any atom is -0.382 e. The predicted molar refractivity (Wildman–Crippen MR) is 166 cm³/mol. The van der Waals surface area contributed by atoms with Gasteiger partial charge in [0.25, 0.3) is 0 Å². The third-order valence-electron chi connectivity index (χ3n) is 6.60. The predicted octanol–water partition coefficient (Wildman–Crippen LogP) is 4.16. The maximum atomic E-state index is 12.9. The number of aromatic nitrogens is 6. The van der Waals surface area contributed by atoms with Crippen molar-refractivity contribution in [2.45, 2.75) is 38.1 Å². The summed E-state index contributed by atoms with van der Waals surface area (Å²) < 4.78 is 27.1. The van der Waals surface area contributed by atoms with Crippen molar-refractivity contribution >= 4 is 38.7 Å². The zero-order valence-electron chi connectivity index (χ0n) is 24.1. The van der Waals surface area contributed by atoms with Gasteiger partial charge in [-0.15, -0.1) is 0 Å². The zero-order chi connectivity index (χ0) is 30.7. The average molecular weight is 598 g/mol. The van der Waals surface area contributed by atoms with E-state index in [4.69, 9.17) is 10.7 Å². The topological polar surface area (TPSA) is 161 Å². The second-order valence-corrected chi connectivity index (χ2v) is 12.1. The Balaban J connectivity index is 1.53. The number of fused-ring (bicyclic) bond motifs is 1. The lowest BCUT2D eigenvalue weighted by Gasteiger charge is -2.25. The Labute approximate surface area is 249 Å². The van der Waals surface area contributed by atoms with Gasteiger partial charge < -0.3 is 16.0 Å². The number of nitrogen functional groups attached to an aromatic ring is 1. The summed E-state index contributed by atoms with van der Waals surface area (Å²) in [5.41, 5.74) is 10.8. The maximum Gasteiger partial charge on any atom is 0.221 e. The molecule has 4 aromatic heterocycles. The Bertz CT molecular complexity index is 1920. The third-order valence-corrected chi connectivity index (χ3v) is 7.79. The molecule has 0 unspecified atom stereocenters. The Morgan fingerprint density at radius 2 is 1.84 bits per heavy atom. The van der Waals surface area contributed by atoms with E-state index in [2.05, 4.69) is 25.4 Å². The first-order valence-corrected chi connectivity index (χ1v) is 15.3. The van der Waals surface area contributed by atoms with Gasteiger partial charge in [0.1, 0.15) is 22.7 Å². The van der Waals surface area contributed by atoms with Crippen LogP contribution in [0.2, 0.25) is 0 Å². The summed E-state index contributed by atoms with van der Waals surface area (Å²) in [5.74, 6) is 0.212. The number of anilines is 3. The monoisotopic (exact) mass is 597 g/mol. The molecule has 0 spiro atoms. The molecule has 0 aliphatic carbocycles. The zero-order valence-corrected chi connectivity index (χ0v) is 24.9. The van der Waals surface area contributed by atoms with E-state index in [0.717, 1.165) is 23.1 Å². The maximum absolute atomic E-state index is 12.9. The molecule has 43 heavy (non-hydrogen) atoms. The lowest BCUT2D eigenvalue weighted by molar-refractivity contribution is -0.114. The fraction of sp³-hybridized carbons (Fsp3) is 0.200. The molecule has 13 heteroatoms. The van der Waals surface area contributed by atoms with Crippen molar-refractivity contribution < 1.29 is 13.2 Å². The van der Waals surface area contributed by atoms with Crippen molar-refractivity contribution in [3.8, 4) is 22.4 Å². The van der Waals surface area contributed by atoms with Gasteiger partial charge >= 0.3 is 0 Å². The summed E-state index contributed by atoms with van der Waals surface area (Å²) in [5, 5.41) is 7.10. The van der Waals surface area contributed by atoms with Crippen molar-refractivity contribution in [2.24, 2.45) is 0 Å². The highest BCUT2D eigenvalue weighted by molar-refractivity contribution is 7.91. The molecule has 0 aliphatic rings. The van der Waals surface area contributed by atoms with Crippen LogP contribution < -0.4 is 16.0 Å². The number of rotatable bonds is 9. The number of hydrogen-bond acceptors (Lipinski definition) is 10.